The highest BCUT2D eigenvalue weighted by Gasteiger charge is 2.18. The number of anilines is 1. The molecule has 0 aliphatic rings. The first-order valence-electron chi connectivity index (χ1n) is 6.23. The van der Waals surface area contributed by atoms with Crippen LogP contribution in [0.15, 0.2) is 6.33 Å². The molecule has 3 heterocycles. The zero-order chi connectivity index (χ0) is 14.3. The van der Waals surface area contributed by atoms with E-state index in [-0.39, 0.29) is 5.91 Å². The van der Waals surface area contributed by atoms with Crippen molar-refractivity contribution in [2.75, 3.05) is 18.9 Å². The maximum absolute atomic E-state index is 11.9. The van der Waals surface area contributed by atoms with Crippen LogP contribution in [0.2, 0.25) is 0 Å². The first-order valence-corrected chi connectivity index (χ1v) is 7.04. The molecule has 3 rings (SSSR count). The second kappa shape index (κ2) is 4.71. The number of amides is 1. The lowest BCUT2D eigenvalue weighted by Gasteiger charge is -2.01. The SMILES string of the molecule is CCNC(=O)c1nc2c(nc(NC)c3ncn(C)c32)s1. The van der Waals surface area contributed by atoms with Crippen LogP contribution in [0.25, 0.3) is 21.4 Å². The van der Waals surface area contributed by atoms with Gasteiger partial charge in [-0.25, -0.2) is 15.0 Å². The van der Waals surface area contributed by atoms with Gasteiger partial charge >= 0.3 is 0 Å². The molecule has 0 spiro atoms. The van der Waals surface area contributed by atoms with E-state index in [1.807, 2.05) is 18.5 Å². The van der Waals surface area contributed by atoms with Crippen molar-refractivity contribution in [3.8, 4) is 0 Å². The molecule has 0 atom stereocenters. The van der Waals surface area contributed by atoms with Crippen LogP contribution in [0.4, 0.5) is 5.82 Å². The Hall–Kier alpha value is -2.22. The Morgan fingerprint density at radius 2 is 2.20 bits per heavy atom. The fourth-order valence-electron chi connectivity index (χ4n) is 2.09. The average molecular weight is 290 g/mol. The molecule has 0 aliphatic heterocycles. The molecule has 2 N–H and O–H groups in total. The van der Waals surface area contributed by atoms with E-state index in [0.29, 0.717) is 22.9 Å². The molecule has 0 bridgehead atoms. The highest BCUT2D eigenvalue weighted by Crippen LogP contribution is 2.30. The van der Waals surface area contributed by atoms with E-state index in [4.69, 9.17) is 0 Å². The molecule has 0 saturated carbocycles. The van der Waals surface area contributed by atoms with Crippen molar-refractivity contribution in [3.05, 3.63) is 11.3 Å². The van der Waals surface area contributed by atoms with Gasteiger partial charge in [0.15, 0.2) is 10.8 Å². The van der Waals surface area contributed by atoms with Crippen molar-refractivity contribution in [2.24, 2.45) is 7.05 Å². The molecule has 0 fully saturated rings. The molecular formula is C12H14N6OS. The lowest BCUT2D eigenvalue weighted by molar-refractivity contribution is 0.0955. The van der Waals surface area contributed by atoms with Crippen LogP contribution in [0.5, 0.6) is 0 Å². The van der Waals surface area contributed by atoms with Gasteiger partial charge in [0.1, 0.15) is 21.4 Å². The van der Waals surface area contributed by atoms with Crippen molar-refractivity contribution < 1.29 is 4.79 Å². The summed E-state index contributed by atoms with van der Waals surface area (Å²) in [5, 5.41) is 6.20. The molecule has 8 heteroatoms. The number of imidazole rings is 1. The molecule has 3 aromatic heterocycles. The minimum atomic E-state index is -0.170. The number of thiazole rings is 1. The van der Waals surface area contributed by atoms with Crippen molar-refractivity contribution in [1.82, 2.24) is 24.8 Å². The second-order valence-electron chi connectivity index (χ2n) is 4.30. The number of carbonyl (C=O) groups excluding carboxylic acids is 1. The summed E-state index contributed by atoms with van der Waals surface area (Å²) in [5.74, 6) is 0.524. The standard InChI is InChI=1S/C12H14N6OS/c1-4-14-10(19)12-16-7-8-6(15-5-18(8)3)9(13-2)17-11(7)20-12/h5H,4H2,1-3H3,(H,13,17)(H,14,19). The van der Waals surface area contributed by atoms with Gasteiger partial charge in [-0.3, -0.25) is 4.79 Å². The molecule has 104 valence electrons. The van der Waals surface area contributed by atoms with Crippen LogP contribution in [0, 0.1) is 0 Å². The Balaban J connectivity index is 2.30. The highest BCUT2D eigenvalue weighted by molar-refractivity contribution is 7.20. The Bertz CT molecular complexity index is 805. The number of nitrogens with zero attached hydrogens (tertiary/aromatic N) is 4. The molecule has 0 aliphatic carbocycles. The summed E-state index contributed by atoms with van der Waals surface area (Å²) in [6.07, 6.45) is 1.72. The Morgan fingerprint density at radius 1 is 1.40 bits per heavy atom. The number of aromatic nitrogens is 4. The average Bonchev–Trinajstić information content (AvgIpc) is 3.01. The third-order valence-electron chi connectivity index (χ3n) is 2.98. The number of fused-ring (bicyclic) bond motifs is 3. The largest absolute Gasteiger partial charge is 0.371 e. The summed E-state index contributed by atoms with van der Waals surface area (Å²) >= 11 is 1.29. The quantitative estimate of drug-likeness (QED) is 0.761. The molecule has 7 nitrogen and oxygen atoms in total. The Kier molecular flexibility index (Phi) is 3.01. The van der Waals surface area contributed by atoms with Crippen molar-refractivity contribution in [1.29, 1.82) is 0 Å². The normalized spacial score (nSPS) is 11.2. The summed E-state index contributed by atoms with van der Waals surface area (Å²) in [5.41, 5.74) is 2.35. The lowest BCUT2D eigenvalue weighted by Crippen LogP contribution is -2.22. The number of pyridine rings is 1. The summed E-state index contributed by atoms with van der Waals surface area (Å²) in [6, 6.07) is 0. The molecule has 1 amide bonds. The maximum atomic E-state index is 11.9. The third kappa shape index (κ3) is 1.80. The van der Waals surface area contributed by atoms with Crippen molar-refractivity contribution >= 4 is 44.4 Å². The molecule has 0 aromatic carbocycles. The first-order chi connectivity index (χ1) is 9.65. The van der Waals surface area contributed by atoms with E-state index in [1.54, 1.807) is 13.4 Å². The topological polar surface area (TPSA) is 84.7 Å². The molecule has 0 unspecified atom stereocenters. The monoisotopic (exact) mass is 290 g/mol. The van der Waals surface area contributed by atoms with Gasteiger partial charge in [-0.15, -0.1) is 0 Å². The predicted molar refractivity (Wildman–Crippen MR) is 79.2 cm³/mol. The van der Waals surface area contributed by atoms with Gasteiger partial charge in [-0.1, -0.05) is 11.3 Å². The number of rotatable bonds is 3. The van der Waals surface area contributed by atoms with Gasteiger partial charge in [0.25, 0.3) is 5.91 Å². The Morgan fingerprint density at radius 3 is 2.90 bits per heavy atom. The van der Waals surface area contributed by atoms with E-state index in [9.17, 15) is 4.79 Å². The number of aryl methyl sites for hydroxylation is 1. The van der Waals surface area contributed by atoms with Crippen LogP contribution in [0.1, 0.15) is 16.7 Å². The summed E-state index contributed by atoms with van der Waals surface area (Å²) in [7, 11) is 3.70. The lowest BCUT2D eigenvalue weighted by atomic mass is 10.3. The fraction of sp³-hybridized carbons (Fsp3) is 0.333. The van der Waals surface area contributed by atoms with Crippen LogP contribution < -0.4 is 10.6 Å². The van der Waals surface area contributed by atoms with Crippen molar-refractivity contribution in [3.63, 3.8) is 0 Å². The number of nitrogens with one attached hydrogen (secondary N) is 2. The molecule has 0 saturated heterocycles. The van der Waals surface area contributed by atoms with Crippen molar-refractivity contribution in [2.45, 2.75) is 6.92 Å². The molecule has 0 radical (unpaired) electrons. The maximum Gasteiger partial charge on any atom is 0.280 e. The van der Waals surface area contributed by atoms with Gasteiger partial charge in [-0.05, 0) is 6.92 Å². The summed E-state index contributed by atoms with van der Waals surface area (Å²) in [6.45, 7) is 2.45. The zero-order valence-corrected chi connectivity index (χ0v) is 12.2. The summed E-state index contributed by atoms with van der Waals surface area (Å²) < 4.78 is 1.89. The van der Waals surface area contributed by atoms with Gasteiger partial charge in [0.2, 0.25) is 0 Å². The van der Waals surface area contributed by atoms with Crippen LogP contribution in [-0.2, 0) is 7.05 Å². The minimum absolute atomic E-state index is 0.170. The zero-order valence-electron chi connectivity index (χ0n) is 11.4. The highest BCUT2D eigenvalue weighted by atomic mass is 32.1. The number of hydrogen-bond acceptors (Lipinski definition) is 6. The predicted octanol–water partition coefficient (Wildman–Crippen LogP) is 1.37. The molecule has 20 heavy (non-hydrogen) atoms. The minimum Gasteiger partial charge on any atom is -0.371 e. The van der Waals surface area contributed by atoms with Gasteiger partial charge in [-0.2, -0.15) is 0 Å². The molecule has 3 aromatic rings. The van der Waals surface area contributed by atoms with E-state index < -0.39 is 0 Å². The third-order valence-corrected chi connectivity index (χ3v) is 3.92. The van der Waals surface area contributed by atoms with E-state index >= 15 is 0 Å². The van der Waals surface area contributed by atoms with Gasteiger partial charge in [0.05, 0.1) is 6.33 Å². The Labute approximate surface area is 119 Å². The van der Waals surface area contributed by atoms with E-state index in [2.05, 4.69) is 25.6 Å². The van der Waals surface area contributed by atoms with Gasteiger partial charge in [0, 0.05) is 20.6 Å². The number of carbonyl (C=O) groups is 1. The van der Waals surface area contributed by atoms with Crippen LogP contribution in [-0.4, -0.2) is 39.0 Å². The smallest absolute Gasteiger partial charge is 0.280 e. The molecular weight excluding hydrogens is 276 g/mol. The van der Waals surface area contributed by atoms with Crippen LogP contribution >= 0.6 is 11.3 Å². The second-order valence-corrected chi connectivity index (χ2v) is 5.27. The van der Waals surface area contributed by atoms with Crippen LogP contribution in [0.3, 0.4) is 0 Å². The number of hydrogen-bond donors (Lipinski definition) is 2. The first kappa shape index (κ1) is 12.8. The van der Waals surface area contributed by atoms with E-state index in [0.717, 1.165) is 15.9 Å². The summed E-state index contributed by atoms with van der Waals surface area (Å²) in [4.78, 5) is 25.9. The van der Waals surface area contributed by atoms with Gasteiger partial charge < -0.3 is 15.2 Å². The van der Waals surface area contributed by atoms with E-state index in [1.165, 1.54) is 11.3 Å². The fourth-order valence-corrected chi connectivity index (χ4v) is 2.95.